The van der Waals surface area contributed by atoms with Crippen molar-refractivity contribution in [2.75, 3.05) is 19.6 Å². The van der Waals surface area contributed by atoms with E-state index >= 15 is 0 Å². The van der Waals surface area contributed by atoms with Crippen LogP contribution in [0.15, 0.2) is 40.1 Å². The van der Waals surface area contributed by atoms with Crippen molar-refractivity contribution in [2.24, 2.45) is 12.0 Å². The summed E-state index contributed by atoms with van der Waals surface area (Å²) in [6.07, 6.45) is 2.30. The van der Waals surface area contributed by atoms with Crippen molar-refractivity contribution < 1.29 is 4.79 Å². The molecule has 8 nitrogen and oxygen atoms in total. The highest BCUT2D eigenvalue weighted by atomic mass is 127. The zero-order chi connectivity index (χ0) is 18.8. The Kier molecular flexibility index (Phi) is 10.9. The predicted octanol–water partition coefficient (Wildman–Crippen LogP) is 2.07. The smallest absolute Gasteiger partial charge is 0.251 e. The molecule has 2 aromatic rings. The fraction of sp³-hybridized carbons (Fsp3) is 0.412. The average Bonchev–Trinajstić information content (AvgIpc) is 3.04. The minimum absolute atomic E-state index is 0. The summed E-state index contributed by atoms with van der Waals surface area (Å²) in [5.74, 6) is 1.44. The maximum absolute atomic E-state index is 12.1. The molecule has 10 heteroatoms. The standard InChI is InChI=1S/C17H24BrN7O.HI/c1-3-19-17(22-11-15-23-12-24-25(15)2)21-9-5-8-20-16(26)13-6-4-7-14(18)10-13;/h4,6-7,10,12H,3,5,8-9,11H2,1-2H3,(H,20,26)(H2,19,21,22);1H. The van der Waals surface area contributed by atoms with Gasteiger partial charge >= 0.3 is 0 Å². The van der Waals surface area contributed by atoms with Crippen LogP contribution in [0, 0.1) is 0 Å². The molecule has 0 saturated heterocycles. The van der Waals surface area contributed by atoms with Gasteiger partial charge in [-0.25, -0.2) is 9.98 Å². The van der Waals surface area contributed by atoms with Gasteiger partial charge in [-0.3, -0.25) is 9.48 Å². The second-order valence-electron chi connectivity index (χ2n) is 5.54. The number of hydrogen-bond donors (Lipinski definition) is 3. The Hall–Kier alpha value is -1.69. The number of nitrogens with zero attached hydrogens (tertiary/aromatic N) is 4. The normalized spacial score (nSPS) is 10.9. The van der Waals surface area contributed by atoms with Gasteiger partial charge in [0, 0.05) is 36.7 Å². The third kappa shape index (κ3) is 8.24. The van der Waals surface area contributed by atoms with Crippen LogP contribution in [0.2, 0.25) is 0 Å². The van der Waals surface area contributed by atoms with Gasteiger partial charge in [-0.1, -0.05) is 22.0 Å². The predicted molar refractivity (Wildman–Crippen MR) is 120 cm³/mol. The molecule has 0 atom stereocenters. The summed E-state index contributed by atoms with van der Waals surface area (Å²) < 4.78 is 2.59. The largest absolute Gasteiger partial charge is 0.357 e. The molecule has 0 bridgehead atoms. The Bertz CT molecular complexity index is 750. The lowest BCUT2D eigenvalue weighted by Crippen LogP contribution is -2.38. The number of carbonyl (C=O) groups excluding carboxylic acids is 1. The van der Waals surface area contributed by atoms with E-state index in [-0.39, 0.29) is 29.9 Å². The molecule has 1 amide bonds. The first-order valence-electron chi connectivity index (χ1n) is 8.49. The molecule has 0 saturated carbocycles. The summed E-state index contributed by atoms with van der Waals surface area (Å²) in [5, 5.41) is 13.4. The van der Waals surface area contributed by atoms with Crippen molar-refractivity contribution in [3.05, 3.63) is 46.5 Å². The highest BCUT2D eigenvalue weighted by Crippen LogP contribution is 2.11. The lowest BCUT2D eigenvalue weighted by Gasteiger charge is -2.11. The molecule has 0 fully saturated rings. The number of rotatable bonds is 8. The van der Waals surface area contributed by atoms with Crippen LogP contribution < -0.4 is 16.0 Å². The van der Waals surface area contributed by atoms with Gasteiger partial charge in [-0.05, 0) is 31.5 Å². The van der Waals surface area contributed by atoms with Gasteiger partial charge in [0.25, 0.3) is 5.91 Å². The zero-order valence-electron chi connectivity index (χ0n) is 15.4. The number of hydrogen-bond acceptors (Lipinski definition) is 4. The average molecular weight is 550 g/mol. The maximum atomic E-state index is 12.1. The van der Waals surface area contributed by atoms with E-state index in [4.69, 9.17) is 0 Å². The van der Waals surface area contributed by atoms with Crippen molar-refractivity contribution in [2.45, 2.75) is 19.9 Å². The maximum Gasteiger partial charge on any atom is 0.251 e. The summed E-state index contributed by atoms with van der Waals surface area (Å²) in [6.45, 7) is 4.51. The number of carbonyl (C=O) groups is 1. The molecule has 3 N–H and O–H groups in total. The molecular formula is C17H25BrIN7O. The lowest BCUT2D eigenvalue weighted by molar-refractivity contribution is 0.0953. The monoisotopic (exact) mass is 549 g/mol. The third-order valence-electron chi connectivity index (χ3n) is 3.55. The van der Waals surface area contributed by atoms with Gasteiger partial charge in [-0.2, -0.15) is 5.10 Å². The van der Waals surface area contributed by atoms with E-state index in [0.29, 0.717) is 31.2 Å². The Morgan fingerprint density at radius 1 is 1.26 bits per heavy atom. The summed E-state index contributed by atoms with van der Waals surface area (Å²) in [6, 6.07) is 7.33. The Morgan fingerprint density at radius 2 is 2.04 bits per heavy atom. The SMILES string of the molecule is CCNC(=NCc1ncnn1C)NCCCNC(=O)c1cccc(Br)c1.I. The topological polar surface area (TPSA) is 96.2 Å². The van der Waals surface area contributed by atoms with Crippen LogP contribution in [-0.4, -0.2) is 46.3 Å². The number of aliphatic imine (C=N–C) groups is 1. The van der Waals surface area contributed by atoms with Crippen LogP contribution in [-0.2, 0) is 13.6 Å². The highest BCUT2D eigenvalue weighted by molar-refractivity contribution is 14.0. The van der Waals surface area contributed by atoms with E-state index in [0.717, 1.165) is 23.3 Å². The highest BCUT2D eigenvalue weighted by Gasteiger charge is 2.05. The molecule has 0 aliphatic heterocycles. The minimum atomic E-state index is -0.0749. The fourth-order valence-electron chi connectivity index (χ4n) is 2.18. The van der Waals surface area contributed by atoms with E-state index in [1.54, 1.807) is 16.8 Å². The molecular weight excluding hydrogens is 525 g/mol. The first kappa shape index (κ1) is 23.3. The zero-order valence-corrected chi connectivity index (χ0v) is 19.3. The molecule has 0 spiro atoms. The van der Waals surface area contributed by atoms with Gasteiger partial charge < -0.3 is 16.0 Å². The number of benzene rings is 1. The van der Waals surface area contributed by atoms with Crippen molar-refractivity contribution >= 4 is 51.8 Å². The second-order valence-corrected chi connectivity index (χ2v) is 6.46. The first-order chi connectivity index (χ1) is 12.6. The van der Waals surface area contributed by atoms with E-state index in [2.05, 4.69) is 47.0 Å². The van der Waals surface area contributed by atoms with E-state index in [9.17, 15) is 4.79 Å². The number of halogens is 2. The summed E-state index contributed by atoms with van der Waals surface area (Å²) in [4.78, 5) is 20.7. The Morgan fingerprint density at radius 3 is 2.70 bits per heavy atom. The van der Waals surface area contributed by atoms with E-state index in [1.807, 2.05) is 26.1 Å². The van der Waals surface area contributed by atoms with E-state index in [1.165, 1.54) is 6.33 Å². The van der Waals surface area contributed by atoms with Gasteiger partial charge in [-0.15, -0.1) is 24.0 Å². The Balaban J connectivity index is 0.00000364. The van der Waals surface area contributed by atoms with Crippen molar-refractivity contribution in [3.8, 4) is 0 Å². The molecule has 2 rings (SSSR count). The van der Waals surface area contributed by atoms with Crippen molar-refractivity contribution in [3.63, 3.8) is 0 Å². The molecule has 1 heterocycles. The number of guanidine groups is 1. The molecule has 0 unspecified atom stereocenters. The summed E-state index contributed by atoms with van der Waals surface area (Å²) in [7, 11) is 1.84. The third-order valence-corrected chi connectivity index (χ3v) is 4.04. The van der Waals surface area contributed by atoms with Gasteiger partial charge in [0.15, 0.2) is 5.96 Å². The van der Waals surface area contributed by atoms with Crippen molar-refractivity contribution in [1.82, 2.24) is 30.7 Å². The van der Waals surface area contributed by atoms with Crippen LogP contribution in [0.3, 0.4) is 0 Å². The minimum Gasteiger partial charge on any atom is -0.357 e. The van der Waals surface area contributed by atoms with Crippen LogP contribution in [0.25, 0.3) is 0 Å². The number of amides is 1. The number of nitrogens with one attached hydrogen (secondary N) is 3. The van der Waals surface area contributed by atoms with Crippen LogP contribution >= 0.6 is 39.9 Å². The summed E-state index contributed by atoms with van der Waals surface area (Å²) in [5.41, 5.74) is 0.644. The molecule has 0 aliphatic rings. The number of aryl methyl sites for hydroxylation is 1. The molecule has 148 valence electrons. The van der Waals surface area contributed by atoms with Gasteiger partial charge in [0.2, 0.25) is 0 Å². The van der Waals surface area contributed by atoms with Crippen LogP contribution in [0.1, 0.15) is 29.5 Å². The molecule has 0 radical (unpaired) electrons. The van der Waals surface area contributed by atoms with E-state index < -0.39 is 0 Å². The lowest BCUT2D eigenvalue weighted by atomic mass is 10.2. The Labute approximate surface area is 184 Å². The number of aromatic nitrogens is 3. The quantitative estimate of drug-likeness (QED) is 0.203. The molecule has 1 aromatic carbocycles. The van der Waals surface area contributed by atoms with Gasteiger partial charge in [0.05, 0.1) is 0 Å². The molecule has 27 heavy (non-hydrogen) atoms. The fourth-order valence-corrected chi connectivity index (χ4v) is 2.58. The van der Waals surface area contributed by atoms with Crippen molar-refractivity contribution in [1.29, 1.82) is 0 Å². The summed E-state index contributed by atoms with van der Waals surface area (Å²) >= 11 is 3.37. The molecule has 0 aliphatic carbocycles. The first-order valence-corrected chi connectivity index (χ1v) is 9.28. The molecule has 1 aromatic heterocycles. The second kappa shape index (κ2) is 12.7. The van der Waals surface area contributed by atoms with Crippen LogP contribution in [0.5, 0.6) is 0 Å². The van der Waals surface area contributed by atoms with Crippen LogP contribution in [0.4, 0.5) is 0 Å². The van der Waals surface area contributed by atoms with Gasteiger partial charge in [0.1, 0.15) is 18.7 Å².